The number of carbonyl (C=O) groups excluding carboxylic acids is 1. The van der Waals surface area contributed by atoms with Gasteiger partial charge in [0.05, 0.1) is 13.2 Å². The number of hydrogen-bond donors (Lipinski definition) is 0. The summed E-state index contributed by atoms with van der Waals surface area (Å²) < 4.78 is 5.22. The maximum Gasteiger partial charge on any atom is 0.254 e. The minimum Gasteiger partial charge on any atom is -0.497 e. The summed E-state index contributed by atoms with van der Waals surface area (Å²) in [6, 6.07) is 18.0. The van der Waals surface area contributed by atoms with Gasteiger partial charge < -0.3 is 9.64 Å². The van der Waals surface area contributed by atoms with E-state index in [1.165, 1.54) is 5.56 Å². The van der Waals surface area contributed by atoms with E-state index in [0.717, 1.165) is 13.1 Å². The molecule has 1 fully saturated rings. The maximum atomic E-state index is 12.8. The summed E-state index contributed by atoms with van der Waals surface area (Å²) in [5.41, 5.74) is 1.93. The largest absolute Gasteiger partial charge is 0.497 e. The molecule has 2 aromatic carbocycles. The molecule has 0 aromatic heterocycles. The fraction of sp³-hybridized carbons (Fsp3) is 0.316. The van der Waals surface area contributed by atoms with Crippen molar-refractivity contribution in [1.29, 1.82) is 0 Å². The Kier molecular flexibility index (Phi) is 4.63. The standard InChI is InChI=1S/C19H22N2O2/c1-20-11-12-21(14-18(20)15-7-4-3-5-8-15)19(22)16-9-6-10-17(13-16)23-2/h3-10,13,18H,11-12,14H2,1-2H3. The van der Waals surface area contributed by atoms with Crippen LogP contribution < -0.4 is 4.74 Å². The molecule has 1 unspecified atom stereocenters. The average Bonchev–Trinajstić information content (AvgIpc) is 2.62. The number of hydrogen-bond acceptors (Lipinski definition) is 3. The lowest BCUT2D eigenvalue weighted by Gasteiger charge is -2.39. The highest BCUT2D eigenvalue weighted by Gasteiger charge is 2.28. The Balaban J connectivity index is 1.79. The van der Waals surface area contributed by atoms with Gasteiger partial charge in [0.25, 0.3) is 5.91 Å². The first-order valence-corrected chi connectivity index (χ1v) is 7.87. The Morgan fingerprint density at radius 2 is 1.87 bits per heavy atom. The molecule has 0 radical (unpaired) electrons. The Bertz CT molecular complexity index is 672. The van der Waals surface area contributed by atoms with Crippen molar-refractivity contribution in [1.82, 2.24) is 9.80 Å². The molecule has 1 heterocycles. The van der Waals surface area contributed by atoms with Gasteiger partial charge >= 0.3 is 0 Å². The molecule has 1 saturated heterocycles. The third-order valence-corrected chi connectivity index (χ3v) is 4.44. The summed E-state index contributed by atoms with van der Waals surface area (Å²) in [5, 5.41) is 0. The van der Waals surface area contributed by atoms with E-state index in [-0.39, 0.29) is 11.9 Å². The minimum absolute atomic E-state index is 0.0675. The molecule has 4 heteroatoms. The van der Waals surface area contributed by atoms with Gasteiger partial charge in [0.15, 0.2) is 0 Å². The van der Waals surface area contributed by atoms with E-state index < -0.39 is 0 Å². The van der Waals surface area contributed by atoms with Crippen LogP contribution in [-0.4, -0.2) is 49.5 Å². The zero-order chi connectivity index (χ0) is 16.2. The average molecular weight is 310 g/mol. The summed E-state index contributed by atoms with van der Waals surface area (Å²) in [6.45, 7) is 2.32. The van der Waals surface area contributed by atoms with Crippen LogP contribution in [0.3, 0.4) is 0 Å². The van der Waals surface area contributed by atoms with Crippen LogP contribution in [0.1, 0.15) is 22.0 Å². The molecule has 0 aliphatic carbocycles. The van der Waals surface area contributed by atoms with Crippen molar-refractivity contribution in [2.24, 2.45) is 0 Å². The molecular formula is C19H22N2O2. The smallest absolute Gasteiger partial charge is 0.254 e. The van der Waals surface area contributed by atoms with Gasteiger partial charge in [-0.1, -0.05) is 36.4 Å². The van der Waals surface area contributed by atoms with Gasteiger partial charge in [0.2, 0.25) is 0 Å². The van der Waals surface area contributed by atoms with Crippen molar-refractivity contribution in [3.05, 3.63) is 65.7 Å². The van der Waals surface area contributed by atoms with Crippen LogP contribution in [0.4, 0.5) is 0 Å². The number of ether oxygens (including phenoxy) is 1. The molecule has 0 saturated carbocycles. The highest BCUT2D eigenvalue weighted by atomic mass is 16.5. The molecule has 0 spiro atoms. The van der Waals surface area contributed by atoms with E-state index in [1.807, 2.05) is 41.3 Å². The maximum absolute atomic E-state index is 12.8. The molecule has 0 bridgehead atoms. The van der Waals surface area contributed by atoms with Gasteiger partial charge in [0.1, 0.15) is 5.75 Å². The molecular weight excluding hydrogens is 288 g/mol. The third kappa shape index (κ3) is 3.37. The van der Waals surface area contributed by atoms with E-state index in [0.29, 0.717) is 17.9 Å². The number of carbonyl (C=O) groups is 1. The van der Waals surface area contributed by atoms with Crippen LogP contribution >= 0.6 is 0 Å². The summed E-state index contributed by atoms with van der Waals surface area (Å²) in [7, 11) is 3.73. The van der Waals surface area contributed by atoms with Gasteiger partial charge in [0, 0.05) is 25.2 Å². The number of methoxy groups -OCH3 is 1. The van der Waals surface area contributed by atoms with Gasteiger partial charge in [-0.15, -0.1) is 0 Å². The first-order chi connectivity index (χ1) is 11.2. The summed E-state index contributed by atoms with van der Waals surface area (Å²) in [5.74, 6) is 0.780. The number of nitrogens with zero attached hydrogens (tertiary/aromatic N) is 2. The van der Waals surface area contributed by atoms with Gasteiger partial charge in [-0.05, 0) is 30.8 Å². The summed E-state index contributed by atoms with van der Waals surface area (Å²) >= 11 is 0. The zero-order valence-electron chi connectivity index (χ0n) is 13.6. The monoisotopic (exact) mass is 310 g/mol. The fourth-order valence-corrected chi connectivity index (χ4v) is 3.03. The fourth-order valence-electron chi connectivity index (χ4n) is 3.03. The number of amides is 1. The predicted octanol–water partition coefficient (Wildman–Crippen LogP) is 2.82. The Hall–Kier alpha value is -2.33. The van der Waals surface area contributed by atoms with Crippen LogP contribution in [0, 0.1) is 0 Å². The van der Waals surface area contributed by atoms with Gasteiger partial charge in [-0.3, -0.25) is 9.69 Å². The second-order valence-electron chi connectivity index (χ2n) is 5.89. The molecule has 2 aromatic rings. The highest BCUT2D eigenvalue weighted by molar-refractivity contribution is 5.94. The van der Waals surface area contributed by atoms with Crippen molar-refractivity contribution in [3.63, 3.8) is 0 Å². The van der Waals surface area contributed by atoms with E-state index in [4.69, 9.17) is 4.74 Å². The minimum atomic E-state index is 0.0675. The second kappa shape index (κ2) is 6.84. The molecule has 1 aliphatic heterocycles. The van der Waals surface area contributed by atoms with E-state index in [1.54, 1.807) is 13.2 Å². The lowest BCUT2D eigenvalue weighted by atomic mass is 10.0. The Morgan fingerprint density at radius 1 is 1.09 bits per heavy atom. The van der Waals surface area contributed by atoms with Crippen LogP contribution in [0.25, 0.3) is 0 Å². The normalized spacial score (nSPS) is 18.7. The van der Waals surface area contributed by atoms with Crippen molar-refractivity contribution in [2.75, 3.05) is 33.8 Å². The molecule has 23 heavy (non-hydrogen) atoms. The second-order valence-corrected chi connectivity index (χ2v) is 5.89. The van der Waals surface area contributed by atoms with Crippen molar-refractivity contribution in [3.8, 4) is 5.75 Å². The molecule has 1 atom stereocenters. The molecule has 3 rings (SSSR count). The lowest BCUT2D eigenvalue weighted by Crippen LogP contribution is -2.49. The van der Waals surface area contributed by atoms with Crippen LogP contribution in [0.2, 0.25) is 0 Å². The highest BCUT2D eigenvalue weighted by Crippen LogP contribution is 2.25. The SMILES string of the molecule is COc1cccc(C(=O)N2CCN(C)C(c3ccccc3)C2)c1. The van der Waals surface area contributed by atoms with Crippen molar-refractivity contribution >= 4 is 5.91 Å². The van der Waals surface area contributed by atoms with Crippen LogP contribution in [0.5, 0.6) is 5.75 Å². The lowest BCUT2D eigenvalue weighted by molar-refractivity contribution is 0.0546. The molecule has 1 amide bonds. The number of rotatable bonds is 3. The summed E-state index contributed by atoms with van der Waals surface area (Å²) in [6.07, 6.45) is 0. The zero-order valence-corrected chi connectivity index (χ0v) is 13.6. The molecule has 120 valence electrons. The van der Waals surface area contributed by atoms with E-state index in [2.05, 4.69) is 24.1 Å². The first kappa shape index (κ1) is 15.6. The van der Waals surface area contributed by atoms with Crippen LogP contribution in [-0.2, 0) is 0 Å². The number of piperazine rings is 1. The number of likely N-dealkylation sites (N-methyl/N-ethyl adjacent to an activating group) is 1. The molecule has 1 aliphatic rings. The van der Waals surface area contributed by atoms with Gasteiger partial charge in [-0.2, -0.15) is 0 Å². The molecule has 4 nitrogen and oxygen atoms in total. The molecule has 0 N–H and O–H groups in total. The third-order valence-electron chi connectivity index (χ3n) is 4.44. The quantitative estimate of drug-likeness (QED) is 0.874. The van der Waals surface area contributed by atoms with Crippen molar-refractivity contribution in [2.45, 2.75) is 6.04 Å². The number of benzene rings is 2. The van der Waals surface area contributed by atoms with E-state index in [9.17, 15) is 4.79 Å². The Labute approximate surface area is 137 Å². The van der Waals surface area contributed by atoms with Crippen molar-refractivity contribution < 1.29 is 9.53 Å². The predicted molar refractivity (Wildman–Crippen MR) is 90.7 cm³/mol. The van der Waals surface area contributed by atoms with Crippen LogP contribution in [0.15, 0.2) is 54.6 Å². The first-order valence-electron chi connectivity index (χ1n) is 7.87. The Morgan fingerprint density at radius 3 is 2.61 bits per heavy atom. The topological polar surface area (TPSA) is 32.8 Å². The van der Waals surface area contributed by atoms with Gasteiger partial charge in [-0.25, -0.2) is 0 Å². The summed E-state index contributed by atoms with van der Waals surface area (Å²) in [4.78, 5) is 17.1. The van der Waals surface area contributed by atoms with E-state index >= 15 is 0 Å².